The van der Waals surface area contributed by atoms with E-state index in [1.54, 1.807) is 6.92 Å². The normalized spacial score (nSPS) is 30.1. The van der Waals surface area contributed by atoms with Crippen LogP contribution in [-0.2, 0) is 19.2 Å². The molecule has 1 fully saturated rings. The molecule has 0 saturated carbocycles. The minimum Gasteiger partial charge on any atom is -0.505 e. The van der Waals surface area contributed by atoms with Gasteiger partial charge in [0, 0.05) is 35.2 Å². The zero-order valence-corrected chi connectivity index (χ0v) is 17.0. The second kappa shape index (κ2) is 6.57. The maximum atomic E-state index is 14.3. The van der Waals surface area contributed by atoms with Crippen LogP contribution in [0.1, 0.15) is 31.2 Å². The summed E-state index contributed by atoms with van der Waals surface area (Å²) in [6, 6.07) is 4.09. The van der Waals surface area contributed by atoms with Crippen molar-refractivity contribution in [3.05, 3.63) is 64.0 Å². The standard InChI is InChI=1S/C24H20FNO5/c1-10-8-17(27)15-9-14-11(6-7-13-19(14)24(31)26(2)23(13)30)18(20(15)21(10)28)12-4-3-5-16(25)22(12)29/h3-6,8,13-14,18-19,29H,7,9H2,1-2H3. The van der Waals surface area contributed by atoms with Crippen molar-refractivity contribution in [3.63, 3.8) is 0 Å². The van der Waals surface area contributed by atoms with Crippen LogP contribution in [-0.4, -0.2) is 40.4 Å². The number of rotatable bonds is 1. The number of carbonyl (C=O) groups is 4. The first-order valence-corrected chi connectivity index (χ1v) is 10.2. The second-order valence-electron chi connectivity index (χ2n) is 8.64. The number of phenols is 1. The zero-order valence-electron chi connectivity index (χ0n) is 17.0. The third-order valence-electron chi connectivity index (χ3n) is 7.11. The molecule has 4 aliphatic rings. The lowest BCUT2D eigenvalue weighted by Gasteiger charge is -2.42. The topological polar surface area (TPSA) is 91.8 Å². The number of allylic oxidation sites excluding steroid dienone is 6. The number of nitrogens with zero attached hydrogens (tertiary/aromatic N) is 1. The molecule has 0 aromatic heterocycles. The highest BCUT2D eigenvalue weighted by Gasteiger charge is 2.55. The monoisotopic (exact) mass is 421 g/mol. The molecule has 0 spiro atoms. The molecular weight excluding hydrogens is 401 g/mol. The molecular formula is C24H20FNO5. The summed E-state index contributed by atoms with van der Waals surface area (Å²) in [6.07, 6.45) is 3.60. The molecule has 1 aliphatic heterocycles. The van der Waals surface area contributed by atoms with Gasteiger partial charge in [-0.05, 0) is 37.8 Å². The van der Waals surface area contributed by atoms with Crippen LogP contribution < -0.4 is 0 Å². The van der Waals surface area contributed by atoms with Crippen molar-refractivity contribution >= 4 is 23.4 Å². The van der Waals surface area contributed by atoms with Gasteiger partial charge in [0.1, 0.15) is 0 Å². The Balaban J connectivity index is 1.75. The Hall–Kier alpha value is -3.35. The van der Waals surface area contributed by atoms with Gasteiger partial charge in [-0.15, -0.1) is 0 Å². The molecule has 2 amide bonds. The van der Waals surface area contributed by atoms with E-state index >= 15 is 0 Å². The fraction of sp³-hybridized carbons (Fsp3) is 0.333. The van der Waals surface area contributed by atoms with E-state index in [0.717, 1.165) is 11.0 Å². The van der Waals surface area contributed by atoms with Crippen LogP contribution in [0.15, 0.2) is 52.6 Å². The number of hydrogen-bond acceptors (Lipinski definition) is 5. The summed E-state index contributed by atoms with van der Waals surface area (Å²) >= 11 is 0. The highest BCUT2D eigenvalue weighted by molar-refractivity contribution is 6.23. The van der Waals surface area contributed by atoms with Gasteiger partial charge in [-0.3, -0.25) is 24.1 Å². The number of imide groups is 1. The molecule has 1 N–H and O–H groups in total. The van der Waals surface area contributed by atoms with Crippen LogP contribution in [0.3, 0.4) is 0 Å². The molecule has 0 bridgehead atoms. The predicted molar refractivity (Wildman–Crippen MR) is 107 cm³/mol. The number of carbonyl (C=O) groups excluding carboxylic acids is 4. The Bertz CT molecular complexity index is 1190. The molecule has 6 nitrogen and oxygen atoms in total. The van der Waals surface area contributed by atoms with E-state index in [2.05, 4.69) is 0 Å². The molecule has 4 unspecified atom stereocenters. The number of fused-ring (bicyclic) bond motifs is 3. The number of benzene rings is 1. The molecule has 5 rings (SSSR count). The number of halogens is 1. The SMILES string of the molecule is CC1=CC(=O)C2=C(C1=O)C(c1cccc(F)c1O)C1=CCC3C(=O)N(C)C(=O)C3C1C2. The third kappa shape index (κ3) is 2.55. The van der Waals surface area contributed by atoms with Gasteiger partial charge in [-0.1, -0.05) is 23.8 Å². The fourth-order valence-electron chi connectivity index (χ4n) is 5.64. The Morgan fingerprint density at radius 3 is 2.58 bits per heavy atom. The summed E-state index contributed by atoms with van der Waals surface area (Å²) in [5.74, 6) is -5.09. The highest BCUT2D eigenvalue weighted by Crippen LogP contribution is 2.56. The van der Waals surface area contributed by atoms with E-state index in [-0.39, 0.29) is 52.1 Å². The smallest absolute Gasteiger partial charge is 0.233 e. The van der Waals surface area contributed by atoms with Crippen LogP contribution in [0.25, 0.3) is 0 Å². The van der Waals surface area contributed by atoms with Gasteiger partial charge in [0.15, 0.2) is 23.1 Å². The van der Waals surface area contributed by atoms with Gasteiger partial charge in [0.25, 0.3) is 0 Å². The first-order chi connectivity index (χ1) is 14.7. The third-order valence-corrected chi connectivity index (χ3v) is 7.11. The van der Waals surface area contributed by atoms with Crippen LogP contribution in [0.2, 0.25) is 0 Å². The van der Waals surface area contributed by atoms with Crippen LogP contribution in [0.4, 0.5) is 4.39 Å². The van der Waals surface area contributed by atoms with Crippen molar-refractivity contribution in [1.82, 2.24) is 4.90 Å². The molecule has 3 aliphatic carbocycles. The number of Topliss-reactive ketones (excluding diaryl/α,β-unsaturated/α-hetero) is 1. The maximum Gasteiger partial charge on any atom is 0.233 e. The lowest BCUT2D eigenvalue weighted by atomic mass is 9.59. The number of hydrogen-bond donors (Lipinski definition) is 1. The minimum absolute atomic E-state index is 0.163. The van der Waals surface area contributed by atoms with Crippen LogP contribution >= 0.6 is 0 Å². The van der Waals surface area contributed by atoms with Crippen molar-refractivity contribution in [3.8, 4) is 5.75 Å². The van der Waals surface area contributed by atoms with E-state index in [1.165, 1.54) is 25.3 Å². The summed E-state index contributed by atoms with van der Waals surface area (Å²) in [5.41, 5.74) is 1.67. The molecule has 158 valence electrons. The molecule has 4 atom stereocenters. The molecule has 1 saturated heterocycles. The Morgan fingerprint density at radius 2 is 1.84 bits per heavy atom. The summed E-state index contributed by atoms with van der Waals surface area (Å²) in [4.78, 5) is 52.6. The van der Waals surface area contributed by atoms with Gasteiger partial charge in [0.05, 0.1) is 11.8 Å². The van der Waals surface area contributed by atoms with E-state index in [0.29, 0.717) is 12.0 Å². The van der Waals surface area contributed by atoms with Gasteiger partial charge in [-0.25, -0.2) is 4.39 Å². The van der Waals surface area contributed by atoms with Gasteiger partial charge >= 0.3 is 0 Å². The number of ketones is 2. The average Bonchev–Trinajstić information content (AvgIpc) is 2.97. The van der Waals surface area contributed by atoms with E-state index in [9.17, 15) is 28.7 Å². The largest absolute Gasteiger partial charge is 0.505 e. The van der Waals surface area contributed by atoms with Crippen molar-refractivity contribution in [1.29, 1.82) is 0 Å². The van der Waals surface area contributed by atoms with Crippen molar-refractivity contribution < 1.29 is 28.7 Å². The highest BCUT2D eigenvalue weighted by atomic mass is 19.1. The number of para-hydroxylation sites is 1. The van der Waals surface area contributed by atoms with Crippen LogP contribution in [0.5, 0.6) is 5.75 Å². The van der Waals surface area contributed by atoms with Crippen molar-refractivity contribution in [2.75, 3.05) is 7.05 Å². The first kappa shape index (κ1) is 19.6. The first-order valence-electron chi connectivity index (χ1n) is 10.2. The molecule has 31 heavy (non-hydrogen) atoms. The van der Waals surface area contributed by atoms with Gasteiger partial charge < -0.3 is 5.11 Å². The van der Waals surface area contributed by atoms with E-state index in [4.69, 9.17) is 0 Å². The van der Waals surface area contributed by atoms with E-state index in [1.807, 2.05) is 6.08 Å². The number of phenolic OH excluding ortho intramolecular Hbond substituents is 1. The maximum absolute atomic E-state index is 14.3. The zero-order chi connectivity index (χ0) is 22.2. The quantitative estimate of drug-likeness (QED) is 0.428. The summed E-state index contributed by atoms with van der Waals surface area (Å²) in [6.45, 7) is 1.55. The molecule has 1 heterocycles. The number of amides is 2. The average molecular weight is 421 g/mol. The molecule has 0 radical (unpaired) electrons. The van der Waals surface area contributed by atoms with Gasteiger partial charge in [-0.2, -0.15) is 0 Å². The predicted octanol–water partition coefficient (Wildman–Crippen LogP) is 2.59. The van der Waals surface area contributed by atoms with Crippen molar-refractivity contribution in [2.45, 2.75) is 25.7 Å². The summed E-state index contributed by atoms with van der Waals surface area (Å²) < 4.78 is 14.3. The van der Waals surface area contributed by atoms with Crippen LogP contribution in [0, 0.1) is 23.6 Å². The lowest BCUT2D eigenvalue weighted by molar-refractivity contribution is -0.138. The Morgan fingerprint density at radius 1 is 1.10 bits per heavy atom. The fourth-order valence-corrected chi connectivity index (χ4v) is 5.64. The number of aromatic hydroxyl groups is 1. The second-order valence-corrected chi connectivity index (χ2v) is 8.64. The number of likely N-dealkylation sites (tertiary alicyclic amines) is 1. The van der Waals surface area contributed by atoms with Gasteiger partial charge in [0.2, 0.25) is 11.8 Å². The summed E-state index contributed by atoms with van der Waals surface area (Å²) in [5, 5.41) is 10.5. The Kier molecular flexibility index (Phi) is 4.16. The minimum atomic E-state index is -0.848. The van der Waals surface area contributed by atoms with E-state index < -0.39 is 35.2 Å². The molecule has 7 heteroatoms. The van der Waals surface area contributed by atoms with Crippen molar-refractivity contribution in [2.24, 2.45) is 17.8 Å². The molecule has 1 aromatic carbocycles. The summed E-state index contributed by atoms with van der Waals surface area (Å²) in [7, 11) is 1.45. The lowest BCUT2D eigenvalue weighted by Crippen LogP contribution is -2.39. The Labute approximate surface area is 177 Å². The molecule has 1 aromatic rings.